The SMILES string of the molecule is CCOC(=O)[C@@H]1CCC[C@@H]2CC[C@@H](C(=O)OCC)N21. The van der Waals surface area contributed by atoms with Crippen molar-refractivity contribution in [1.82, 2.24) is 4.90 Å². The second kappa shape index (κ2) is 6.37. The molecule has 0 aromatic carbocycles. The molecule has 0 unspecified atom stereocenters. The Labute approximate surface area is 114 Å². The van der Waals surface area contributed by atoms with Gasteiger partial charge in [-0.3, -0.25) is 14.5 Å². The van der Waals surface area contributed by atoms with Crippen molar-refractivity contribution < 1.29 is 19.1 Å². The third-order valence-electron chi connectivity index (χ3n) is 4.05. The zero-order chi connectivity index (χ0) is 13.8. The molecule has 0 bridgehead atoms. The standard InChI is InChI=1S/C14H23NO4/c1-3-18-13(16)11-7-5-6-10-8-9-12(15(10)11)14(17)19-4-2/h10-12H,3-9H2,1-2H3/t10-,11+,12+/m1/s1. The van der Waals surface area contributed by atoms with Crippen molar-refractivity contribution in [2.24, 2.45) is 0 Å². The summed E-state index contributed by atoms with van der Waals surface area (Å²) in [6.45, 7) is 4.39. The highest BCUT2D eigenvalue weighted by atomic mass is 16.5. The predicted molar refractivity (Wildman–Crippen MR) is 69.6 cm³/mol. The molecule has 0 radical (unpaired) electrons. The average molecular weight is 269 g/mol. The Hall–Kier alpha value is -1.10. The van der Waals surface area contributed by atoms with E-state index in [4.69, 9.17) is 9.47 Å². The van der Waals surface area contributed by atoms with Gasteiger partial charge in [0.25, 0.3) is 0 Å². The molecule has 0 aromatic rings. The van der Waals surface area contributed by atoms with Gasteiger partial charge in [-0.15, -0.1) is 0 Å². The summed E-state index contributed by atoms with van der Waals surface area (Å²) in [5, 5.41) is 0. The lowest BCUT2D eigenvalue weighted by molar-refractivity contribution is -0.158. The molecular formula is C14H23NO4. The van der Waals surface area contributed by atoms with Gasteiger partial charge in [-0.05, 0) is 46.0 Å². The van der Waals surface area contributed by atoms with E-state index in [1.807, 2.05) is 13.8 Å². The second-order valence-electron chi connectivity index (χ2n) is 5.14. The highest BCUT2D eigenvalue weighted by Gasteiger charge is 2.47. The summed E-state index contributed by atoms with van der Waals surface area (Å²) >= 11 is 0. The van der Waals surface area contributed by atoms with E-state index in [1.165, 1.54) is 0 Å². The maximum absolute atomic E-state index is 12.1. The Morgan fingerprint density at radius 2 is 1.53 bits per heavy atom. The van der Waals surface area contributed by atoms with Gasteiger partial charge in [-0.1, -0.05) is 0 Å². The van der Waals surface area contributed by atoms with Gasteiger partial charge in [-0.2, -0.15) is 0 Å². The van der Waals surface area contributed by atoms with Crippen molar-refractivity contribution >= 4 is 11.9 Å². The molecule has 0 aliphatic carbocycles. The molecule has 5 heteroatoms. The second-order valence-corrected chi connectivity index (χ2v) is 5.14. The van der Waals surface area contributed by atoms with Crippen LogP contribution in [0.2, 0.25) is 0 Å². The van der Waals surface area contributed by atoms with Crippen LogP contribution in [-0.4, -0.2) is 48.2 Å². The highest BCUT2D eigenvalue weighted by molar-refractivity contribution is 5.80. The number of carbonyl (C=O) groups excluding carboxylic acids is 2. The van der Waals surface area contributed by atoms with Crippen LogP contribution in [-0.2, 0) is 19.1 Å². The number of hydrogen-bond donors (Lipinski definition) is 0. The zero-order valence-corrected chi connectivity index (χ0v) is 11.8. The van der Waals surface area contributed by atoms with Crippen LogP contribution in [0.25, 0.3) is 0 Å². The average Bonchev–Trinajstić information content (AvgIpc) is 2.83. The molecule has 108 valence electrons. The molecule has 2 fully saturated rings. The predicted octanol–water partition coefficient (Wildman–Crippen LogP) is 1.50. The minimum absolute atomic E-state index is 0.191. The van der Waals surface area contributed by atoms with Crippen LogP contribution < -0.4 is 0 Å². The third kappa shape index (κ3) is 2.91. The molecule has 3 atom stereocenters. The molecule has 2 aliphatic rings. The molecule has 0 saturated carbocycles. The van der Waals surface area contributed by atoms with Crippen LogP contribution in [0.5, 0.6) is 0 Å². The van der Waals surface area contributed by atoms with E-state index < -0.39 is 0 Å². The lowest BCUT2D eigenvalue weighted by Gasteiger charge is -2.38. The maximum Gasteiger partial charge on any atom is 0.323 e. The topological polar surface area (TPSA) is 55.8 Å². The summed E-state index contributed by atoms with van der Waals surface area (Å²) in [6.07, 6.45) is 4.63. The van der Waals surface area contributed by atoms with E-state index in [0.29, 0.717) is 19.3 Å². The van der Waals surface area contributed by atoms with Gasteiger partial charge in [0.15, 0.2) is 0 Å². The van der Waals surface area contributed by atoms with Crippen LogP contribution in [0.4, 0.5) is 0 Å². The van der Waals surface area contributed by atoms with Crippen LogP contribution in [0.3, 0.4) is 0 Å². The molecular weight excluding hydrogens is 246 g/mol. The number of piperidine rings is 1. The van der Waals surface area contributed by atoms with E-state index in [0.717, 1.165) is 32.1 Å². The van der Waals surface area contributed by atoms with Crippen molar-refractivity contribution in [3.8, 4) is 0 Å². The van der Waals surface area contributed by atoms with Crippen molar-refractivity contribution in [2.45, 2.75) is 64.1 Å². The molecule has 5 nitrogen and oxygen atoms in total. The van der Waals surface area contributed by atoms with Crippen molar-refractivity contribution in [3.63, 3.8) is 0 Å². The fourth-order valence-electron chi connectivity index (χ4n) is 3.32. The summed E-state index contributed by atoms with van der Waals surface area (Å²) in [5.41, 5.74) is 0. The molecule has 0 spiro atoms. The Morgan fingerprint density at radius 1 is 0.947 bits per heavy atom. The van der Waals surface area contributed by atoms with E-state index >= 15 is 0 Å². The van der Waals surface area contributed by atoms with Crippen LogP contribution >= 0.6 is 0 Å². The minimum atomic E-state index is -0.268. The zero-order valence-electron chi connectivity index (χ0n) is 11.8. The number of nitrogens with zero attached hydrogens (tertiary/aromatic N) is 1. The first-order chi connectivity index (χ1) is 9.19. The Morgan fingerprint density at radius 3 is 2.11 bits per heavy atom. The first kappa shape index (κ1) is 14.3. The summed E-state index contributed by atoms with van der Waals surface area (Å²) in [5.74, 6) is -0.385. The molecule has 2 saturated heterocycles. The van der Waals surface area contributed by atoms with Crippen molar-refractivity contribution in [1.29, 1.82) is 0 Å². The number of ether oxygens (including phenoxy) is 2. The van der Waals surface area contributed by atoms with E-state index in [-0.39, 0.29) is 24.0 Å². The highest BCUT2D eigenvalue weighted by Crippen LogP contribution is 2.36. The number of esters is 2. The number of rotatable bonds is 4. The fraction of sp³-hybridized carbons (Fsp3) is 0.857. The Bertz CT molecular complexity index is 344. The number of fused-ring (bicyclic) bond motifs is 1. The van der Waals surface area contributed by atoms with Crippen LogP contribution in [0, 0.1) is 0 Å². The summed E-state index contributed by atoms with van der Waals surface area (Å²) in [7, 11) is 0. The quantitative estimate of drug-likeness (QED) is 0.724. The van der Waals surface area contributed by atoms with Crippen LogP contribution in [0.1, 0.15) is 46.0 Å². The van der Waals surface area contributed by atoms with Gasteiger partial charge in [0.1, 0.15) is 12.1 Å². The largest absolute Gasteiger partial charge is 0.465 e. The van der Waals surface area contributed by atoms with Gasteiger partial charge >= 0.3 is 11.9 Å². The normalized spacial score (nSPS) is 30.7. The summed E-state index contributed by atoms with van der Waals surface area (Å²) < 4.78 is 10.3. The monoisotopic (exact) mass is 269 g/mol. The summed E-state index contributed by atoms with van der Waals surface area (Å²) in [4.78, 5) is 26.1. The van der Waals surface area contributed by atoms with Gasteiger partial charge in [0, 0.05) is 6.04 Å². The van der Waals surface area contributed by atoms with E-state index in [1.54, 1.807) is 0 Å². The first-order valence-corrected chi connectivity index (χ1v) is 7.29. The van der Waals surface area contributed by atoms with Crippen molar-refractivity contribution in [3.05, 3.63) is 0 Å². The molecule has 2 rings (SSSR count). The molecule has 19 heavy (non-hydrogen) atoms. The molecule has 0 N–H and O–H groups in total. The van der Waals surface area contributed by atoms with Gasteiger partial charge < -0.3 is 9.47 Å². The van der Waals surface area contributed by atoms with E-state index in [9.17, 15) is 9.59 Å². The van der Waals surface area contributed by atoms with Gasteiger partial charge in [0.2, 0.25) is 0 Å². The number of carbonyl (C=O) groups is 2. The molecule has 2 aliphatic heterocycles. The van der Waals surface area contributed by atoms with Crippen molar-refractivity contribution in [2.75, 3.05) is 13.2 Å². The lowest BCUT2D eigenvalue weighted by Crippen LogP contribution is -2.53. The maximum atomic E-state index is 12.1. The molecule has 2 heterocycles. The summed E-state index contributed by atoms with van der Waals surface area (Å²) in [6, 6.07) is -0.201. The minimum Gasteiger partial charge on any atom is -0.465 e. The lowest BCUT2D eigenvalue weighted by atomic mass is 9.96. The Kier molecular flexibility index (Phi) is 4.80. The Balaban J connectivity index is 2.11. The van der Waals surface area contributed by atoms with Crippen LogP contribution in [0.15, 0.2) is 0 Å². The fourth-order valence-corrected chi connectivity index (χ4v) is 3.32. The first-order valence-electron chi connectivity index (χ1n) is 7.29. The van der Waals surface area contributed by atoms with Gasteiger partial charge in [0.05, 0.1) is 13.2 Å². The van der Waals surface area contributed by atoms with Gasteiger partial charge in [-0.25, -0.2) is 0 Å². The molecule has 0 amide bonds. The van der Waals surface area contributed by atoms with E-state index in [2.05, 4.69) is 4.90 Å². The number of hydrogen-bond acceptors (Lipinski definition) is 5. The third-order valence-corrected chi connectivity index (χ3v) is 4.05. The molecule has 0 aromatic heterocycles. The smallest absolute Gasteiger partial charge is 0.323 e.